The Morgan fingerprint density at radius 3 is 2.16 bits per heavy atom. The van der Waals surface area contributed by atoms with E-state index in [0.717, 1.165) is 5.56 Å². The molecule has 158 valence electrons. The van der Waals surface area contributed by atoms with Gasteiger partial charge in [0.15, 0.2) is 17.3 Å². The predicted molar refractivity (Wildman–Crippen MR) is 117 cm³/mol. The van der Waals surface area contributed by atoms with E-state index in [1.807, 2.05) is 0 Å². The molecule has 3 rings (SSSR count). The summed E-state index contributed by atoms with van der Waals surface area (Å²) in [5.41, 5.74) is 1.37. The quantitative estimate of drug-likeness (QED) is 0.226. The highest BCUT2D eigenvalue weighted by Crippen LogP contribution is 2.29. The Balaban J connectivity index is 1.86. The summed E-state index contributed by atoms with van der Waals surface area (Å²) in [5.74, 6) is 0.849. The van der Waals surface area contributed by atoms with Crippen molar-refractivity contribution in [2.24, 2.45) is 0 Å². The lowest BCUT2D eigenvalue weighted by Gasteiger charge is -2.10. The minimum atomic E-state index is -0.563. The van der Waals surface area contributed by atoms with Gasteiger partial charge in [0.1, 0.15) is 11.5 Å². The Labute approximate surface area is 180 Å². The van der Waals surface area contributed by atoms with Gasteiger partial charge < -0.3 is 18.9 Å². The molecule has 0 N–H and O–H groups in total. The summed E-state index contributed by atoms with van der Waals surface area (Å²) >= 11 is 0. The van der Waals surface area contributed by atoms with Crippen molar-refractivity contribution in [1.29, 1.82) is 0 Å². The molecule has 0 unspecified atom stereocenters. The van der Waals surface area contributed by atoms with Crippen LogP contribution in [0.5, 0.6) is 23.0 Å². The Kier molecular flexibility index (Phi) is 7.06. The number of ketones is 1. The number of carbonyl (C=O) groups is 2. The largest absolute Gasteiger partial charge is 0.497 e. The summed E-state index contributed by atoms with van der Waals surface area (Å²) in [6, 6.07) is 18.6. The minimum Gasteiger partial charge on any atom is -0.497 e. The van der Waals surface area contributed by atoms with Crippen LogP contribution < -0.4 is 18.9 Å². The van der Waals surface area contributed by atoms with E-state index in [0.29, 0.717) is 22.8 Å². The highest BCUT2D eigenvalue weighted by atomic mass is 16.5. The normalized spacial score (nSPS) is 10.5. The first-order valence-electron chi connectivity index (χ1n) is 9.45. The maximum absolute atomic E-state index is 12.9. The SMILES string of the molecule is COc1ccc(C(=O)C=Cc2ccc(OC)c(OC)c2)c(OC(=O)c2ccccc2)c1. The third-order valence-electron chi connectivity index (χ3n) is 4.50. The summed E-state index contributed by atoms with van der Waals surface area (Å²) in [6.07, 6.45) is 3.06. The van der Waals surface area contributed by atoms with Gasteiger partial charge in [0.05, 0.1) is 32.5 Å². The molecule has 0 aromatic heterocycles. The van der Waals surface area contributed by atoms with Crippen molar-refractivity contribution in [3.8, 4) is 23.0 Å². The van der Waals surface area contributed by atoms with Crippen molar-refractivity contribution in [2.75, 3.05) is 21.3 Å². The molecule has 0 aliphatic heterocycles. The van der Waals surface area contributed by atoms with Crippen LogP contribution in [0.25, 0.3) is 6.08 Å². The third-order valence-corrected chi connectivity index (χ3v) is 4.50. The van der Waals surface area contributed by atoms with Gasteiger partial charge in [-0.15, -0.1) is 0 Å². The van der Waals surface area contributed by atoms with Gasteiger partial charge in [-0.25, -0.2) is 4.79 Å². The number of allylic oxidation sites excluding steroid dienone is 1. The van der Waals surface area contributed by atoms with Gasteiger partial charge in [0.25, 0.3) is 0 Å². The van der Waals surface area contributed by atoms with Crippen LogP contribution in [0.3, 0.4) is 0 Å². The van der Waals surface area contributed by atoms with Gasteiger partial charge in [0, 0.05) is 6.07 Å². The molecule has 0 spiro atoms. The molecule has 0 radical (unpaired) electrons. The van der Waals surface area contributed by atoms with Crippen LogP contribution in [-0.4, -0.2) is 33.1 Å². The van der Waals surface area contributed by atoms with Crippen molar-refractivity contribution < 1.29 is 28.5 Å². The monoisotopic (exact) mass is 418 g/mol. The summed E-state index contributed by atoms with van der Waals surface area (Å²) in [7, 11) is 4.59. The fraction of sp³-hybridized carbons (Fsp3) is 0.120. The van der Waals surface area contributed by atoms with Crippen LogP contribution in [-0.2, 0) is 0 Å². The summed E-state index contributed by atoms with van der Waals surface area (Å²) in [4.78, 5) is 25.3. The first kappa shape index (κ1) is 21.6. The second kappa shape index (κ2) is 10.1. The Morgan fingerprint density at radius 2 is 1.48 bits per heavy atom. The number of benzene rings is 3. The van der Waals surface area contributed by atoms with E-state index in [1.54, 1.807) is 81.0 Å². The molecule has 0 amide bonds. The Bertz CT molecular complexity index is 1100. The number of ether oxygens (including phenoxy) is 4. The summed E-state index contributed by atoms with van der Waals surface area (Å²) in [6.45, 7) is 0. The van der Waals surface area contributed by atoms with E-state index in [4.69, 9.17) is 18.9 Å². The fourth-order valence-electron chi connectivity index (χ4n) is 2.87. The lowest BCUT2D eigenvalue weighted by Crippen LogP contribution is -2.11. The molecule has 6 heteroatoms. The molecule has 3 aromatic rings. The van der Waals surface area contributed by atoms with E-state index < -0.39 is 5.97 Å². The molecule has 6 nitrogen and oxygen atoms in total. The van der Waals surface area contributed by atoms with Gasteiger partial charge in [-0.1, -0.05) is 30.3 Å². The van der Waals surface area contributed by atoms with E-state index in [9.17, 15) is 9.59 Å². The van der Waals surface area contributed by atoms with E-state index in [-0.39, 0.29) is 17.1 Å². The Morgan fingerprint density at radius 1 is 0.742 bits per heavy atom. The highest BCUT2D eigenvalue weighted by Gasteiger charge is 2.16. The smallest absolute Gasteiger partial charge is 0.343 e. The van der Waals surface area contributed by atoms with Crippen LogP contribution in [0, 0.1) is 0 Å². The molecule has 0 heterocycles. The second-order valence-electron chi connectivity index (χ2n) is 6.43. The van der Waals surface area contributed by atoms with Crippen LogP contribution in [0.15, 0.2) is 72.8 Å². The van der Waals surface area contributed by atoms with Crippen molar-refractivity contribution in [1.82, 2.24) is 0 Å². The summed E-state index contributed by atoms with van der Waals surface area (Å²) < 4.78 is 21.2. The molecule has 0 fully saturated rings. The molecule has 0 atom stereocenters. The molecule has 3 aromatic carbocycles. The van der Waals surface area contributed by atoms with E-state index >= 15 is 0 Å². The van der Waals surface area contributed by atoms with Crippen molar-refractivity contribution in [3.63, 3.8) is 0 Å². The average molecular weight is 418 g/mol. The first-order chi connectivity index (χ1) is 15.0. The van der Waals surface area contributed by atoms with Crippen molar-refractivity contribution >= 4 is 17.8 Å². The third kappa shape index (κ3) is 5.30. The van der Waals surface area contributed by atoms with Crippen LogP contribution >= 0.6 is 0 Å². The molecule has 0 aliphatic carbocycles. The maximum atomic E-state index is 12.9. The fourth-order valence-corrected chi connectivity index (χ4v) is 2.87. The van der Waals surface area contributed by atoms with E-state index in [2.05, 4.69) is 0 Å². The zero-order chi connectivity index (χ0) is 22.2. The molecule has 0 saturated carbocycles. The van der Waals surface area contributed by atoms with Gasteiger partial charge >= 0.3 is 5.97 Å². The van der Waals surface area contributed by atoms with Crippen molar-refractivity contribution in [3.05, 3.63) is 89.5 Å². The zero-order valence-corrected chi connectivity index (χ0v) is 17.5. The van der Waals surface area contributed by atoms with E-state index in [1.165, 1.54) is 19.3 Å². The predicted octanol–water partition coefficient (Wildman–Crippen LogP) is 4.83. The van der Waals surface area contributed by atoms with Gasteiger partial charge in [-0.2, -0.15) is 0 Å². The summed E-state index contributed by atoms with van der Waals surface area (Å²) in [5, 5.41) is 0. The molecule has 0 saturated heterocycles. The minimum absolute atomic E-state index is 0.121. The highest BCUT2D eigenvalue weighted by molar-refractivity contribution is 6.09. The number of methoxy groups -OCH3 is 3. The Hall–Kier alpha value is -4.06. The second-order valence-corrected chi connectivity index (χ2v) is 6.43. The van der Waals surface area contributed by atoms with Crippen molar-refractivity contribution in [2.45, 2.75) is 0 Å². The lowest BCUT2D eigenvalue weighted by molar-refractivity contribution is 0.0733. The average Bonchev–Trinajstić information content (AvgIpc) is 2.82. The molecule has 0 bridgehead atoms. The van der Waals surface area contributed by atoms with Crippen LogP contribution in [0.4, 0.5) is 0 Å². The number of esters is 1. The topological polar surface area (TPSA) is 71.1 Å². The molecule has 31 heavy (non-hydrogen) atoms. The molecular weight excluding hydrogens is 396 g/mol. The molecular formula is C25H22O6. The molecule has 0 aliphatic rings. The van der Waals surface area contributed by atoms with Crippen LogP contribution in [0.2, 0.25) is 0 Å². The van der Waals surface area contributed by atoms with Gasteiger partial charge in [-0.05, 0) is 48.0 Å². The van der Waals surface area contributed by atoms with Gasteiger partial charge in [-0.3, -0.25) is 4.79 Å². The number of hydrogen-bond donors (Lipinski definition) is 0. The lowest BCUT2D eigenvalue weighted by atomic mass is 10.1. The number of rotatable bonds is 8. The maximum Gasteiger partial charge on any atom is 0.343 e. The first-order valence-corrected chi connectivity index (χ1v) is 9.45. The van der Waals surface area contributed by atoms with Gasteiger partial charge in [0.2, 0.25) is 0 Å². The zero-order valence-electron chi connectivity index (χ0n) is 17.5. The standard InChI is InChI=1S/C25H22O6/c1-28-19-11-12-20(23(16-19)31-25(27)18-7-5-4-6-8-18)21(26)13-9-17-10-14-22(29-2)24(15-17)30-3/h4-16H,1-3H3. The number of carbonyl (C=O) groups excluding carboxylic acids is 2. The van der Waals surface area contributed by atoms with Crippen LogP contribution in [0.1, 0.15) is 26.3 Å². The number of hydrogen-bond acceptors (Lipinski definition) is 6.